The van der Waals surface area contributed by atoms with Gasteiger partial charge in [0.2, 0.25) is 0 Å². The highest BCUT2D eigenvalue weighted by Crippen LogP contribution is 2.36. The normalized spacial score (nSPS) is 17.3. The molecule has 1 aromatic carbocycles. The summed E-state index contributed by atoms with van der Waals surface area (Å²) in [4.78, 5) is 0. The zero-order chi connectivity index (χ0) is 13.3. The number of halogens is 4. The molecule has 1 unspecified atom stereocenters. The van der Waals surface area contributed by atoms with Crippen LogP contribution in [0.4, 0.5) is 13.2 Å². The summed E-state index contributed by atoms with van der Waals surface area (Å²) in [6, 6.07) is 3.17. The van der Waals surface area contributed by atoms with Crippen molar-refractivity contribution in [2.75, 3.05) is 6.61 Å². The second kappa shape index (κ2) is 4.93. The third-order valence-electron chi connectivity index (χ3n) is 2.62. The number of benzene rings is 1. The van der Waals surface area contributed by atoms with Gasteiger partial charge in [0.05, 0.1) is 12.2 Å². The predicted molar refractivity (Wildman–Crippen MR) is 62.8 cm³/mol. The maximum Gasteiger partial charge on any atom is 0.416 e. The van der Waals surface area contributed by atoms with Crippen molar-refractivity contribution in [2.45, 2.75) is 18.7 Å². The summed E-state index contributed by atoms with van der Waals surface area (Å²) >= 11 is 3.13. The fourth-order valence-electron chi connectivity index (χ4n) is 1.71. The van der Waals surface area contributed by atoms with Crippen molar-refractivity contribution in [1.29, 1.82) is 0 Å². The van der Waals surface area contributed by atoms with Crippen molar-refractivity contribution in [2.24, 2.45) is 0 Å². The Bertz CT molecular complexity index is 483. The van der Waals surface area contributed by atoms with E-state index >= 15 is 0 Å². The van der Waals surface area contributed by atoms with Crippen LogP contribution in [-0.2, 0) is 10.9 Å². The third kappa shape index (κ3) is 2.70. The van der Waals surface area contributed by atoms with Crippen molar-refractivity contribution in [3.63, 3.8) is 0 Å². The van der Waals surface area contributed by atoms with Crippen LogP contribution in [0.2, 0.25) is 0 Å². The first-order valence-corrected chi connectivity index (χ1v) is 6.06. The standard InChI is InChI=1S/C12H10BrF3O2/c13-9-4-3-7(12(14,15)16)6-8(9)11(17)10-2-1-5-18-10/h2-4,6,11,17H,1,5H2. The van der Waals surface area contributed by atoms with Crippen LogP contribution in [0, 0.1) is 0 Å². The molecule has 1 heterocycles. The molecule has 0 aliphatic carbocycles. The molecule has 0 amide bonds. The molecule has 6 heteroatoms. The van der Waals surface area contributed by atoms with Gasteiger partial charge >= 0.3 is 6.18 Å². The van der Waals surface area contributed by atoms with Crippen molar-refractivity contribution >= 4 is 15.9 Å². The number of hydrogen-bond donors (Lipinski definition) is 1. The second-order valence-electron chi connectivity index (χ2n) is 3.88. The fraction of sp³-hybridized carbons (Fsp3) is 0.333. The molecule has 2 nitrogen and oxygen atoms in total. The van der Waals surface area contributed by atoms with Gasteiger partial charge in [0, 0.05) is 16.5 Å². The van der Waals surface area contributed by atoms with Crippen LogP contribution in [-0.4, -0.2) is 11.7 Å². The van der Waals surface area contributed by atoms with Gasteiger partial charge in [-0.1, -0.05) is 15.9 Å². The third-order valence-corrected chi connectivity index (χ3v) is 3.34. The van der Waals surface area contributed by atoms with Gasteiger partial charge in [-0.05, 0) is 24.3 Å². The van der Waals surface area contributed by atoms with Gasteiger partial charge in [-0.2, -0.15) is 13.2 Å². The van der Waals surface area contributed by atoms with E-state index in [2.05, 4.69) is 15.9 Å². The number of hydrogen-bond acceptors (Lipinski definition) is 2. The summed E-state index contributed by atoms with van der Waals surface area (Å²) < 4.78 is 43.4. The molecular formula is C12H10BrF3O2. The van der Waals surface area contributed by atoms with E-state index in [1.54, 1.807) is 6.08 Å². The Morgan fingerprint density at radius 3 is 2.61 bits per heavy atom. The number of aliphatic hydroxyl groups excluding tert-OH is 1. The quantitative estimate of drug-likeness (QED) is 0.897. The minimum absolute atomic E-state index is 0.151. The lowest BCUT2D eigenvalue weighted by atomic mass is 10.0. The molecule has 18 heavy (non-hydrogen) atoms. The first kappa shape index (κ1) is 13.4. The van der Waals surface area contributed by atoms with Crippen molar-refractivity contribution in [3.05, 3.63) is 45.6 Å². The fourth-order valence-corrected chi connectivity index (χ4v) is 2.17. The lowest BCUT2D eigenvalue weighted by Crippen LogP contribution is -2.09. The monoisotopic (exact) mass is 322 g/mol. The molecule has 0 bridgehead atoms. The Hall–Kier alpha value is -1.01. The van der Waals surface area contributed by atoms with Crippen LogP contribution < -0.4 is 0 Å². The lowest BCUT2D eigenvalue weighted by Gasteiger charge is -2.16. The van der Waals surface area contributed by atoms with Gasteiger partial charge < -0.3 is 9.84 Å². The summed E-state index contributed by atoms with van der Waals surface area (Å²) in [5.74, 6) is 0.301. The molecule has 0 radical (unpaired) electrons. The first-order valence-electron chi connectivity index (χ1n) is 5.27. The van der Waals surface area contributed by atoms with Gasteiger partial charge in [-0.15, -0.1) is 0 Å². The molecule has 0 saturated carbocycles. The van der Waals surface area contributed by atoms with E-state index in [1.165, 1.54) is 6.07 Å². The van der Waals surface area contributed by atoms with Gasteiger partial charge in [0.15, 0.2) is 0 Å². The van der Waals surface area contributed by atoms with E-state index in [9.17, 15) is 18.3 Å². The van der Waals surface area contributed by atoms with Gasteiger partial charge in [0.25, 0.3) is 0 Å². The predicted octanol–water partition coefficient (Wildman–Crippen LogP) is 3.81. The number of rotatable bonds is 2. The minimum atomic E-state index is -4.43. The Labute approximate surface area is 110 Å². The highest BCUT2D eigenvalue weighted by molar-refractivity contribution is 9.10. The molecule has 1 atom stereocenters. The van der Waals surface area contributed by atoms with Crippen LogP contribution in [0.1, 0.15) is 23.7 Å². The number of alkyl halides is 3. The molecule has 2 rings (SSSR count). The lowest BCUT2D eigenvalue weighted by molar-refractivity contribution is -0.137. The topological polar surface area (TPSA) is 29.5 Å². The Morgan fingerprint density at radius 2 is 2.06 bits per heavy atom. The van der Waals surface area contributed by atoms with Crippen LogP contribution in [0.25, 0.3) is 0 Å². The highest BCUT2D eigenvalue weighted by Gasteiger charge is 2.32. The molecule has 0 saturated heterocycles. The van der Waals surface area contributed by atoms with Crippen molar-refractivity contribution in [1.82, 2.24) is 0 Å². The van der Waals surface area contributed by atoms with Gasteiger partial charge in [-0.3, -0.25) is 0 Å². The Morgan fingerprint density at radius 1 is 1.33 bits per heavy atom. The second-order valence-corrected chi connectivity index (χ2v) is 4.73. The van der Waals surface area contributed by atoms with Crippen LogP contribution >= 0.6 is 15.9 Å². The van der Waals surface area contributed by atoms with Crippen molar-refractivity contribution in [3.8, 4) is 0 Å². The van der Waals surface area contributed by atoms with E-state index in [0.717, 1.165) is 12.1 Å². The number of aliphatic hydroxyl groups is 1. The van der Waals surface area contributed by atoms with E-state index in [0.29, 0.717) is 23.3 Å². The molecule has 0 fully saturated rings. The van der Waals surface area contributed by atoms with Crippen LogP contribution in [0.15, 0.2) is 34.5 Å². The average molecular weight is 323 g/mol. The van der Waals surface area contributed by atoms with Crippen molar-refractivity contribution < 1.29 is 23.0 Å². The van der Waals surface area contributed by atoms with E-state index in [4.69, 9.17) is 4.74 Å². The Balaban J connectivity index is 2.37. The average Bonchev–Trinajstić information content (AvgIpc) is 2.80. The van der Waals surface area contributed by atoms with E-state index in [1.807, 2.05) is 0 Å². The van der Waals surface area contributed by atoms with Crippen LogP contribution in [0.5, 0.6) is 0 Å². The molecule has 0 spiro atoms. The molecule has 1 N–H and O–H groups in total. The SMILES string of the molecule is OC(C1=CCCO1)c1cc(C(F)(F)F)ccc1Br. The molecule has 0 aromatic heterocycles. The van der Waals surface area contributed by atoms with Gasteiger partial charge in [-0.25, -0.2) is 0 Å². The van der Waals surface area contributed by atoms with Crippen LogP contribution in [0.3, 0.4) is 0 Å². The summed E-state index contributed by atoms with van der Waals surface area (Å²) in [6.45, 7) is 0.447. The smallest absolute Gasteiger partial charge is 0.416 e. The molecule has 98 valence electrons. The number of ether oxygens (including phenoxy) is 1. The maximum absolute atomic E-state index is 12.6. The summed E-state index contributed by atoms with van der Waals surface area (Å²) in [6.07, 6.45) is -3.27. The summed E-state index contributed by atoms with van der Waals surface area (Å²) in [5, 5.41) is 10.0. The van der Waals surface area contributed by atoms with E-state index < -0.39 is 17.8 Å². The van der Waals surface area contributed by atoms with Gasteiger partial charge in [0.1, 0.15) is 11.9 Å². The largest absolute Gasteiger partial charge is 0.495 e. The van der Waals surface area contributed by atoms with E-state index in [-0.39, 0.29) is 5.56 Å². The highest BCUT2D eigenvalue weighted by atomic mass is 79.9. The first-order chi connectivity index (χ1) is 8.39. The Kier molecular flexibility index (Phi) is 3.68. The molecule has 1 aliphatic rings. The zero-order valence-corrected chi connectivity index (χ0v) is 10.8. The molecule has 1 aliphatic heterocycles. The maximum atomic E-state index is 12.6. The minimum Gasteiger partial charge on any atom is -0.495 e. The summed E-state index contributed by atoms with van der Waals surface area (Å²) in [5.41, 5.74) is -0.642. The summed E-state index contributed by atoms with van der Waals surface area (Å²) in [7, 11) is 0. The molecule has 1 aromatic rings. The molecular weight excluding hydrogens is 313 g/mol. The zero-order valence-electron chi connectivity index (χ0n) is 9.17.